The molecule has 1 aliphatic heterocycles. The van der Waals surface area contributed by atoms with Crippen LogP contribution in [0.3, 0.4) is 0 Å². The lowest BCUT2D eigenvalue weighted by molar-refractivity contribution is -0.146. The highest BCUT2D eigenvalue weighted by molar-refractivity contribution is 6.72. The maximum atomic E-state index is 13.5. The molecule has 2 N–H and O–H groups in total. The van der Waals surface area contributed by atoms with Gasteiger partial charge in [-0.1, -0.05) is 23.8 Å². The normalized spacial score (nSPS) is 12.8. The molecule has 2 aromatic rings. The highest BCUT2D eigenvalue weighted by Gasteiger charge is 2.46. The molecular formula is C18H14BF4NO5. The Labute approximate surface area is 162 Å². The first-order valence-electron chi connectivity index (χ1n) is 8.42. The van der Waals surface area contributed by atoms with Gasteiger partial charge in [0.2, 0.25) is 0 Å². The molecular weight excluding hydrogens is 397 g/mol. The molecule has 0 aliphatic carbocycles. The summed E-state index contributed by atoms with van der Waals surface area (Å²) in [5, 5.41) is 10.8. The third-order valence-corrected chi connectivity index (χ3v) is 4.42. The Bertz CT molecular complexity index is 933. The number of hydrogen-bond donors (Lipinski definition) is 2. The van der Waals surface area contributed by atoms with Crippen LogP contribution < -0.4 is 10.8 Å². The average molecular weight is 411 g/mol. The maximum Gasteiger partial charge on any atom is 0.416 e. The first-order valence-corrected chi connectivity index (χ1v) is 8.42. The second-order valence-corrected chi connectivity index (χ2v) is 6.33. The van der Waals surface area contributed by atoms with Crippen LogP contribution in [0.15, 0.2) is 36.4 Å². The number of carbonyl (C=O) groups is 2. The van der Waals surface area contributed by atoms with E-state index in [1.54, 1.807) is 0 Å². The van der Waals surface area contributed by atoms with Crippen molar-refractivity contribution in [2.24, 2.45) is 0 Å². The van der Waals surface area contributed by atoms with Crippen molar-refractivity contribution in [2.75, 3.05) is 6.54 Å². The van der Waals surface area contributed by atoms with Gasteiger partial charge in [-0.05, 0) is 35.5 Å². The van der Waals surface area contributed by atoms with Crippen LogP contribution in [0.2, 0.25) is 0 Å². The van der Waals surface area contributed by atoms with Crippen molar-refractivity contribution in [3.05, 3.63) is 64.5 Å². The Morgan fingerprint density at radius 2 is 1.83 bits per heavy atom. The van der Waals surface area contributed by atoms with E-state index < -0.39 is 48.5 Å². The number of fused-ring (bicyclic) bond motifs is 1. The molecule has 6 nitrogen and oxygen atoms in total. The molecule has 29 heavy (non-hydrogen) atoms. The molecule has 11 heteroatoms. The van der Waals surface area contributed by atoms with Crippen LogP contribution in [-0.4, -0.2) is 30.6 Å². The van der Waals surface area contributed by atoms with Crippen LogP contribution in [0.5, 0.6) is 0 Å². The molecule has 0 aromatic heterocycles. The number of carbonyl (C=O) groups excluding carboxylic acids is 2. The van der Waals surface area contributed by atoms with Gasteiger partial charge in [-0.3, -0.25) is 14.8 Å². The molecule has 152 valence electrons. The molecule has 0 fully saturated rings. The van der Waals surface area contributed by atoms with Gasteiger partial charge in [0.25, 0.3) is 5.91 Å². The Morgan fingerprint density at radius 1 is 1.14 bits per heavy atom. The first kappa shape index (κ1) is 20.8. The Balaban J connectivity index is 1.65. The monoisotopic (exact) mass is 411 g/mol. The van der Waals surface area contributed by atoms with Crippen LogP contribution in [0, 0.1) is 5.82 Å². The van der Waals surface area contributed by atoms with Crippen molar-refractivity contribution in [1.29, 1.82) is 0 Å². The van der Waals surface area contributed by atoms with Crippen LogP contribution in [0.25, 0.3) is 0 Å². The Morgan fingerprint density at radius 3 is 2.45 bits per heavy atom. The summed E-state index contributed by atoms with van der Waals surface area (Å²) in [7, 11) is 0. The van der Waals surface area contributed by atoms with Gasteiger partial charge in [0, 0.05) is 0 Å². The lowest BCUT2D eigenvalue weighted by atomic mass is 9.44. The summed E-state index contributed by atoms with van der Waals surface area (Å²) in [6.45, 7) is -2.01. The van der Waals surface area contributed by atoms with Gasteiger partial charge in [0.05, 0.1) is 11.1 Å². The van der Waals surface area contributed by atoms with Crippen molar-refractivity contribution in [3.8, 4) is 0 Å². The van der Waals surface area contributed by atoms with Crippen molar-refractivity contribution in [1.82, 2.24) is 5.32 Å². The predicted octanol–water partition coefficient (Wildman–Crippen LogP) is 2.10. The lowest BCUT2D eigenvalue weighted by Crippen LogP contribution is -2.52. The Kier molecular flexibility index (Phi) is 5.90. The van der Waals surface area contributed by atoms with E-state index in [0.717, 1.165) is 6.07 Å². The quantitative estimate of drug-likeness (QED) is 0.250. The highest BCUT2D eigenvalue weighted by Crippen LogP contribution is 2.34. The van der Waals surface area contributed by atoms with E-state index in [4.69, 9.17) is 9.99 Å². The number of benzene rings is 2. The number of alkyl halides is 3. The van der Waals surface area contributed by atoms with Gasteiger partial charge in [0.1, 0.15) is 19.0 Å². The van der Waals surface area contributed by atoms with Gasteiger partial charge in [0.15, 0.2) is 0 Å². The van der Waals surface area contributed by atoms with Crippen LogP contribution >= 0.6 is 0 Å². The second-order valence-electron chi connectivity index (χ2n) is 6.33. The fraction of sp³-hybridized carbons (Fsp3) is 0.222. The fourth-order valence-corrected chi connectivity index (χ4v) is 3.01. The minimum atomic E-state index is -4.86. The molecule has 0 spiro atoms. The highest BCUT2D eigenvalue weighted by atomic mass is 19.4. The molecule has 0 saturated heterocycles. The molecule has 0 atom stereocenters. The van der Waals surface area contributed by atoms with Gasteiger partial charge in [-0.2, -0.15) is 13.2 Å². The van der Waals surface area contributed by atoms with Gasteiger partial charge in [-0.25, -0.2) is 4.39 Å². The van der Waals surface area contributed by atoms with Crippen LogP contribution in [0.1, 0.15) is 27.0 Å². The van der Waals surface area contributed by atoms with Crippen LogP contribution in [-0.2, 0) is 33.4 Å². The largest absolute Gasteiger partial charge is 0.460 e. The van der Waals surface area contributed by atoms with Gasteiger partial charge in [-0.15, -0.1) is 0 Å². The van der Waals surface area contributed by atoms with E-state index in [1.807, 2.05) is 0 Å². The summed E-state index contributed by atoms with van der Waals surface area (Å²) in [6.07, 6.45) is -4.77. The summed E-state index contributed by atoms with van der Waals surface area (Å²) >= 11 is 0. The standard InChI is InChI=1S/C18H14BF4NO5/c20-12-4-1-10(2-5-12)9-28-14(25)8-24-17(26)13-6-3-11-7-19(29-27)16(11)15(13)18(21,22)23/h1-6,27H,7-9H2,(H,24,26). The molecule has 1 aliphatic rings. The predicted molar refractivity (Wildman–Crippen MR) is 92.8 cm³/mol. The molecule has 1 amide bonds. The Hall–Kier alpha value is -2.92. The lowest BCUT2D eigenvalue weighted by Gasteiger charge is -2.29. The van der Waals surface area contributed by atoms with Crippen molar-refractivity contribution in [2.45, 2.75) is 19.1 Å². The SMILES string of the molecule is O=C(CNC(=O)c1ccc2c(c1C(F)(F)F)B(OO)C2)OCc1ccc(F)cc1. The fourth-order valence-electron chi connectivity index (χ4n) is 3.01. The summed E-state index contributed by atoms with van der Waals surface area (Å²) in [4.78, 5) is 28.0. The number of esters is 1. The first-order chi connectivity index (χ1) is 13.7. The van der Waals surface area contributed by atoms with E-state index in [0.29, 0.717) is 11.1 Å². The van der Waals surface area contributed by atoms with Crippen molar-refractivity contribution < 1.29 is 41.9 Å². The third-order valence-electron chi connectivity index (χ3n) is 4.42. The maximum absolute atomic E-state index is 13.5. The van der Waals surface area contributed by atoms with E-state index >= 15 is 0 Å². The smallest absolute Gasteiger partial charge is 0.416 e. The number of ether oxygens (including phenoxy) is 1. The summed E-state index contributed by atoms with van der Waals surface area (Å²) in [5.41, 5.74) is -1.39. The summed E-state index contributed by atoms with van der Waals surface area (Å²) < 4.78 is 58.2. The molecule has 1 heterocycles. The van der Waals surface area contributed by atoms with Gasteiger partial charge < -0.3 is 14.9 Å². The summed E-state index contributed by atoms with van der Waals surface area (Å²) in [5.74, 6) is -2.46. The van der Waals surface area contributed by atoms with Crippen LogP contribution in [0.4, 0.5) is 17.6 Å². The minimum Gasteiger partial charge on any atom is -0.460 e. The zero-order chi connectivity index (χ0) is 21.2. The van der Waals surface area contributed by atoms with E-state index in [-0.39, 0.29) is 18.4 Å². The zero-order valence-corrected chi connectivity index (χ0v) is 14.8. The molecule has 0 saturated carbocycles. The molecule has 0 bridgehead atoms. The molecule has 3 rings (SSSR count). The number of hydrogen-bond acceptors (Lipinski definition) is 5. The molecule has 0 unspecified atom stereocenters. The molecule has 2 aromatic carbocycles. The number of rotatable bonds is 6. The minimum absolute atomic E-state index is 0.0898. The number of halogens is 4. The van der Waals surface area contributed by atoms with E-state index in [9.17, 15) is 27.2 Å². The summed E-state index contributed by atoms with van der Waals surface area (Å²) in [6, 6.07) is 7.50. The second kappa shape index (κ2) is 8.22. The third kappa shape index (κ3) is 4.57. The number of nitrogens with one attached hydrogen (secondary N) is 1. The topological polar surface area (TPSA) is 84.9 Å². The van der Waals surface area contributed by atoms with E-state index in [2.05, 4.69) is 10.1 Å². The van der Waals surface area contributed by atoms with E-state index in [1.165, 1.54) is 30.3 Å². The van der Waals surface area contributed by atoms with Crippen molar-refractivity contribution in [3.63, 3.8) is 0 Å². The zero-order valence-electron chi connectivity index (χ0n) is 14.8. The van der Waals surface area contributed by atoms with Crippen molar-refractivity contribution >= 4 is 24.3 Å². The molecule has 0 radical (unpaired) electrons. The number of amides is 1. The average Bonchev–Trinajstić information content (AvgIpc) is 2.65. The van der Waals surface area contributed by atoms with Gasteiger partial charge >= 0.3 is 19.1 Å².